The molecule has 24 heavy (non-hydrogen) atoms. The summed E-state index contributed by atoms with van der Waals surface area (Å²) in [6.07, 6.45) is 4.61. The van der Waals surface area contributed by atoms with Crippen molar-refractivity contribution in [1.29, 1.82) is 0 Å². The maximum atomic E-state index is 12.1. The van der Waals surface area contributed by atoms with Crippen LogP contribution in [0.3, 0.4) is 0 Å². The van der Waals surface area contributed by atoms with E-state index in [2.05, 4.69) is 5.32 Å². The van der Waals surface area contributed by atoms with Gasteiger partial charge >= 0.3 is 0 Å². The Balaban J connectivity index is 1.49. The van der Waals surface area contributed by atoms with Crippen molar-refractivity contribution in [3.05, 3.63) is 46.5 Å². The third-order valence-corrected chi connectivity index (χ3v) is 5.41. The first kappa shape index (κ1) is 16.9. The number of hydrogen-bond donors (Lipinski definition) is 2. The molecule has 1 aliphatic heterocycles. The molecule has 1 atom stereocenters. The van der Waals surface area contributed by atoms with E-state index < -0.39 is 0 Å². The van der Waals surface area contributed by atoms with Gasteiger partial charge in [-0.1, -0.05) is 6.07 Å². The van der Waals surface area contributed by atoms with Crippen molar-refractivity contribution in [3.63, 3.8) is 0 Å². The van der Waals surface area contributed by atoms with Gasteiger partial charge in [0.15, 0.2) is 17.6 Å². The van der Waals surface area contributed by atoms with Gasteiger partial charge in [0, 0.05) is 25.7 Å². The number of amides is 1. The molecule has 3 rings (SSSR count). The van der Waals surface area contributed by atoms with Gasteiger partial charge in [0.05, 0.1) is 30.8 Å². The Kier molecular flexibility index (Phi) is 5.82. The molecule has 6 heteroatoms. The van der Waals surface area contributed by atoms with Crippen molar-refractivity contribution in [2.24, 2.45) is 0 Å². The number of nitrogens with one attached hydrogen (secondary N) is 2. The zero-order chi connectivity index (χ0) is 16.8. The van der Waals surface area contributed by atoms with Crippen LogP contribution in [-0.4, -0.2) is 31.3 Å². The minimum absolute atomic E-state index is 0.0351. The molecular weight excluding hydrogens is 324 g/mol. The lowest BCUT2D eigenvalue weighted by atomic mass is 10.1. The molecule has 3 heterocycles. The van der Waals surface area contributed by atoms with E-state index in [-0.39, 0.29) is 30.6 Å². The van der Waals surface area contributed by atoms with Crippen LogP contribution in [0.1, 0.15) is 47.2 Å². The first-order chi connectivity index (χ1) is 11.7. The summed E-state index contributed by atoms with van der Waals surface area (Å²) >= 11 is 1.42. The number of Topliss-reactive ketones (excluding diaryl/α,β-unsaturated/α-hetero) is 1. The molecular formula is C18H23N2O3S+. The second-order valence-electron chi connectivity index (χ2n) is 6.14. The predicted octanol–water partition coefficient (Wildman–Crippen LogP) is 1.84. The normalized spacial score (nSPS) is 16.2. The van der Waals surface area contributed by atoms with Gasteiger partial charge in [-0.2, -0.15) is 0 Å². The summed E-state index contributed by atoms with van der Waals surface area (Å²) < 4.78 is 5.56. The SMILES string of the molecule is O=C(CCC(=O)c1cccs1)NC[C@H](c1ccco1)[NH+]1CCCC1. The van der Waals surface area contributed by atoms with Crippen LogP contribution in [-0.2, 0) is 4.79 Å². The highest BCUT2D eigenvalue weighted by atomic mass is 32.1. The number of likely N-dealkylation sites (tertiary alicyclic amines) is 1. The van der Waals surface area contributed by atoms with Gasteiger partial charge in [0.25, 0.3) is 0 Å². The van der Waals surface area contributed by atoms with Gasteiger partial charge in [-0.15, -0.1) is 11.3 Å². The maximum Gasteiger partial charge on any atom is 0.220 e. The number of ketones is 1. The van der Waals surface area contributed by atoms with Crippen molar-refractivity contribution < 1.29 is 18.9 Å². The molecule has 1 aliphatic rings. The molecule has 0 saturated carbocycles. The van der Waals surface area contributed by atoms with E-state index in [9.17, 15) is 9.59 Å². The molecule has 0 aromatic carbocycles. The number of carbonyl (C=O) groups is 2. The Morgan fingerprint density at radius 1 is 1.21 bits per heavy atom. The predicted molar refractivity (Wildman–Crippen MR) is 92.3 cm³/mol. The zero-order valence-corrected chi connectivity index (χ0v) is 14.4. The molecule has 1 amide bonds. The molecule has 5 nitrogen and oxygen atoms in total. The van der Waals surface area contributed by atoms with Crippen LogP contribution >= 0.6 is 11.3 Å². The van der Waals surface area contributed by atoms with Crippen LogP contribution in [0, 0.1) is 0 Å². The summed E-state index contributed by atoms with van der Waals surface area (Å²) in [6.45, 7) is 2.77. The minimum atomic E-state index is -0.0740. The molecule has 2 aromatic rings. The number of quaternary nitrogens is 1. The van der Waals surface area contributed by atoms with Crippen molar-refractivity contribution in [3.8, 4) is 0 Å². The van der Waals surface area contributed by atoms with E-state index in [0.29, 0.717) is 6.54 Å². The topological polar surface area (TPSA) is 63.8 Å². The van der Waals surface area contributed by atoms with Gasteiger partial charge in [0.2, 0.25) is 5.91 Å². The fraction of sp³-hybridized carbons (Fsp3) is 0.444. The molecule has 0 unspecified atom stereocenters. The average Bonchev–Trinajstić information content (AvgIpc) is 3.35. The lowest BCUT2D eigenvalue weighted by Crippen LogP contribution is -3.11. The Morgan fingerprint density at radius 2 is 2.04 bits per heavy atom. The van der Waals surface area contributed by atoms with Crippen LogP contribution in [0.2, 0.25) is 0 Å². The van der Waals surface area contributed by atoms with Crippen molar-refractivity contribution in [1.82, 2.24) is 5.32 Å². The summed E-state index contributed by atoms with van der Waals surface area (Å²) in [6, 6.07) is 7.67. The Labute approximate surface area is 145 Å². The first-order valence-electron chi connectivity index (χ1n) is 8.45. The first-order valence-corrected chi connectivity index (χ1v) is 9.33. The van der Waals surface area contributed by atoms with Gasteiger partial charge < -0.3 is 14.6 Å². The lowest BCUT2D eigenvalue weighted by Gasteiger charge is -2.23. The molecule has 2 N–H and O–H groups in total. The van der Waals surface area contributed by atoms with E-state index >= 15 is 0 Å². The van der Waals surface area contributed by atoms with E-state index in [4.69, 9.17) is 4.42 Å². The molecule has 1 fully saturated rings. The van der Waals surface area contributed by atoms with Gasteiger partial charge in [-0.3, -0.25) is 9.59 Å². The van der Waals surface area contributed by atoms with Crippen LogP contribution < -0.4 is 10.2 Å². The number of furan rings is 1. The van der Waals surface area contributed by atoms with Crippen molar-refractivity contribution in [2.75, 3.05) is 19.6 Å². The second kappa shape index (κ2) is 8.26. The van der Waals surface area contributed by atoms with Crippen LogP contribution in [0.25, 0.3) is 0 Å². The number of thiophene rings is 1. The summed E-state index contributed by atoms with van der Waals surface area (Å²) in [4.78, 5) is 26.2. The molecule has 0 radical (unpaired) electrons. The number of carbonyl (C=O) groups excluding carboxylic acids is 2. The fourth-order valence-electron chi connectivity index (χ4n) is 3.21. The quantitative estimate of drug-likeness (QED) is 0.716. The Hall–Kier alpha value is -1.92. The Morgan fingerprint density at radius 3 is 2.71 bits per heavy atom. The van der Waals surface area contributed by atoms with Crippen LogP contribution in [0.5, 0.6) is 0 Å². The molecule has 2 aromatic heterocycles. The van der Waals surface area contributed by atoms with E-state index in [0.717, 1.165) is 23.7 Å². The Bertz CT molecular complexity index is 646. The summed E-state index contributed by atoms with van der Waals surface area (Å²) in [5.74, 6) is 0.879. The standard InChI is InChI=1S/C18H22N2O3S/c21-15(17-6-4-12-24-17)7-8-18(22)19-13-14(16-5-3-11-23-16)20-9-1-2-10-20/h3-6,11-12,14H,1-2,7-10,13H2,(H,19,22)/p+1/t14-/m1/s1. The highest BCUT2D eigenvalue weighted by molar-refractivity contribution is 7.12. The number of hydrogen-bond acceptors (Lipinski definition) is 4. The van der Waals surface area contributed by atoms with E-state index in [1.807, 2.05) is 23.6 Å². The van der Waals surface area contributed by atoms with Crippen molar-refractivity contribution >= 4 is 23.0 Å². The van der Waals surface area contributed by atoms with Crippen LogP contribution in [0.15, 0.2) is 40.3 Å². The second-order valence-corrected chi connectivity index (χ2v) is 7.09. The van der Waals surface area contributed by atoms with Gasteiger partial charge in [-0.25, -0.2) is 0 Å². The molecule has 0 spiro atoms. The number of rotatable bonds is 8. The molecule has 128 valence electrons. The summed E-state index contributed by atoms with van der Waals surface area (Å²) in [7, 11) is 0. The largest absolute Gasteiger partial charge is 0.463 e. The molecule has 1 saturated heterocycles. The van der Waals surface area contributed by atoms with E-state index in [1.54, 1.807) is 12.3 Å². The maximum absolute atomic E-state index is 12.1. The minimum Gasteiger partial charge on any atom is -0.463 e. The molecule has 0 aliphatic carbocycles. The summed E-state index contributed by atoms with van der Waals surface area (Å²) in [5.41, 5.74) is 0. The van der Waals surface area contributed by atoms with Crippen LogP contribution in [0.4, 0.5) is 0 Å². The lowest BCUT2D eigenvalue weighted by molar-refractivity contribution is -0.919. The monoisotopic (exact) mass is 347 g/mol. The van der Waals surface area contributed by atoms with Crippen molar-refractivity contribution in [2.45, 2.75) is 31.7 Å². The zero-order valence-electron chi connectivity index (χ0n) is 13.6. The average molecular weight is 347 g/mol. The summed E-state index contributed by atoms with van der Waals surface area (Å²) in [5, 5.41) is 4.86. The highest BCUT2D eigenvalue weighted by Gasteiger charge is 2.29. The smallest absolute Gasteiger partial charge is 0.220 e. The fourth-order valence-corrected chi connectivity index (χ4v) is 3.90. The molecule has 0 bridgehead atoms. The third kappa shape index (κ3) is 4.33. The van der Waals surface area contributed by atoms with Gasteiger partial charge in [-0.05, 0) is 23.6 Å². The third-order valence-electron chi connectivity index (χ3n) is 4.50. The highest BCUT2D eigenvalue weighted by Crippen LogP contribution is 2.13. The van der Waals surface area contributed by atoms with E-state index in [1.165, 1.54) is 29.1 Å². The van der Waals surface area contributed by atoms with Gasteiger partial charge in [0.1, 0.15) is 0 Å².